The minimum atomic E-state index is -0.511. The van der Waals surface area contributed by atoms with Crippen LogP contribution in [0.3, 0.4) is 0 Å². The summed E-state index contributed by atoms with van der Waals surface area (Å²) < 4.78 is 21.2. The number of amides is 1. The second-order valence-electron chi connectivity index (χ2n) is 5.47. The fourth-order valence-electron chi connectivity index (χ4n) is 2.47. The Hall–Kier alpha value is -3.09. The van der Waals surface area contributed by atoms with Gasteiger partial charge in [-0.1, -0.05) is 12.1 Å². The Balaban J connectivity index is 2.16. The lowest BCUT2D eigenvalue weighted by Crippen LogP contribution is -2.32. The van der Waals surface area contributed by atoms with Gasteiger partial charge in [0.2, 0.25) is 11.7 Å². The SMILES string of the molecule is COc1ccccc1NC(=O)[C@H](C)Nc1cc(OC)c(OC)c(OC)c1. The number of methoxy groups -OCH3 is 4. The fourth-order valence-corrected chi connectivity index (χ4v) is 2.47. The Labute approximate surface area is 153 Å². The first-order valence-corrected chi connectivity index (χ1v) is 8.04. The molecule has 0 heterocycles. The molecule has 0 unspecified atom stereocenters. The van der Waals surface area contributed by atoms with E-state index in [0.29, 0.717) is 34.4 Å². The maximum atomic E-state index is 12.5. The van der Waals surface area contributed by atoms with E-state index in [1.807, 2.05) is 12.1 Å². The molecule has 0 spiro atoms. The highest BCUT2D eigenvalue weighted by Crippen LogP contribution is 2.40. The number of anilines is 2. The third kappa shape index (κ3) is 4.30. The Kier molecular flexibility index (Phi) is 6.54. The van der Waals surface area contributed by atoms with Crippen LogP contribution in [-0.2, 0) is 4.79 Å². The Morgan fingerprint density at radius 2 is 1.46 bits per heavy atom. The van der Waals surface area contributed by atoms with Crippen molar-refractivity contribution in [3.8, 4) is 23.0 Å². The van der Waals surface area contributed by atoms with E-state index in [-0.39, 0.29) is 5.91 Å². The third-order valence-corrected chi connectivity index (χ3v) is 3.81. The molecule has 2 N–H and O–H groups in total. The molecule has 0 aliphatic rings. The van der Waals surface area contributed by atoms with Gasteiger partial charge in [0.15, 0.2) is 11.5 Å². The standard InChI is InChI=1S/C19H24N2O5/c1-12(19(22)21-14-8-6-7-9-15(14)23-2)20-13-10-16(24-3)18(26-5)17(11-13)25-4/h6-12,20H,1-5H3,(H,21,22)/t12-/m0/s1. The normalized spacial score (nSPS) is 11.3. The molecule has 0 aliphatic carbocycles. The summed E-state index contributed by atoms with van der Waals surface area (Å²) in [6, 6.07) is 10.2. The predicted molar refractivity (Wildman–Crippen MR) is 101 cm³/mol. The lowest BCUT2D eigenvalue weighted by atomic mass is 10.2. The van der Waals surface area contributed by atoms with Crippen molar-refractivity contribution < 1.29 is 23.7 Å². The molecule has 7 heteroatoms. The van der Waals surface area contributed by atoms with Crippen LogP contribution >= 0.6 is 0 Å². The molecule has 0 aliphatic heterocycles. The van der Waals surface area contributed by atoms with Gasteiger partial charge in [0.05, 0.1) is 34.1 Å². The zero-order valence-electron chi connectivity index (χ0n) is 15.6. The van der Waals surface area contributed by atoms with Crippen LogP contribution in [0.5, 0.6) is 23.0 Å². The molecular formula is C19H24N2O5. The highest BCUT2D eigenvalue weighted by molar-refractivity contribution is 5.97. The molecule has 0 saturated heterocycles. The molecule has 7 nitrogen and oxygen atoms in total. The molecule has 0 bridgehead atoms. The van der Waals surface area contributed by atoms with Crippen LogP contribution in [0.25, 0.3) is 0 Å². The van der Waals surface area contributed by atoms with Crippen LogP contribution in [-0.4, -0.2) is 40.4 Å². The monoisotopic (exact) mass is 360 g/mol. The molecule has 140 valence electrons. The number of carbonyl (C=O) groups is 1. The molecule has 0 saturated carbocycles. The van der Waals surface area contributed by atoms with E-state index in [0.717, 1.165) is 0 Å². The summed E-state index contributed by atoms with van der Waals surface area (Å²) >= 11 is 0. The lowest BCUT2D eigenvalue weighted by molar-refractivity contribution is -0.116. The van der Waals surface area contributed by atoms with Crippen LogP contribution in [0.4, 0.5) is 11.4 Å². The number of para-hydroxylation sites is 2. The molecule has 2 aromatic rings. The van der Waals surface area contributed by atoms with Crippen molar-refractivity contribution in [1.29, 1.82) is 0 Å². The van der Waals surface area contributed by atoms with Crippen molar-refractivity contribution in [2.75, 3.05) is 39.1 Å². The van der Waals surface area contributed by atoms with E-state index >= 15 is 0 Å². The van der Waals surface area contributed by atoms with Gasteiger partial charge in [-0.2, -0.15) is 0 Å². The number of ether oxygens (including phenoxy) is 4. The zero-order valence-corrected chi connectivity index (χ0v) is 15.6. The van der Waals surface area contributed by atoms with Crippen LogP contribution in [0.15, 0.2) is 36.4 Å². The fraction of sp³-hybridized carbons (Fsp3) is 0.316. The Bertz CT molecular complexity index is 738. The van der Waals surface area contributed by atoms with Crippen molar-refractivity contribution in [3.63, 3.8) is 0 Å². The van der Waals surface area contributed by atoms with E-state index in [1.165, 1.54) is 7.11 Å². The highest BCUT2D eigenvalue weighted by Gasteiger charge is 2.18. The molecule has 0 fully saturated rings. The number of carbonyl (C=O) groups excluding carboxylic acids is 1. The molecule has 2 aromatic carbocycles. The molecule has 26 heavy (non-hydrogen) atoms. The highest BCUT2D eigenvalue weighted by atomic mass is 16.5. The first-order chi connectivity index (χ1) is 12.5. The van der Waals surface area contributed by atoms with E-state index in [9.17, 15) is 4.79 Å². The van der Waals surface area contributed by atoms with Gasteiger partial charge in [-0.3, -0.25) is 4.79 Å². The summed E-state index contributed by atoms with van der Waals surface area (Å²) in [6.45, 7) is 1.76. The summed E-state index contributed by atoms with van der Waals surface area (Å²) in [4.78, 5) is 12.5. The van der Waals surface area contributed by atoms with Crippen LogP contribution in [0, 0.1) is 0 Å². The van der Waals surface area contributed by atoms with Crippen LogP contribution in [0.1, 0.15) is 6.92 Å². The first-order valence-electron chi connectivity index (χ1n) is 8.04. The van der Waals surface area contributed by atoms with Gasteiger partial charge in [-0.05, 0) is 19.1 Å². The van der Waals surface area contributed by atoms with Crippen molar-refractivity contribution in [2.45, 2.75) is 13.0 Å². The van der Waals surface area contributed by atoms with Crippen molar-refractivity contribution in [1.82, 2.24) is 0 Å². The summed E-state index contributed by atoms with van der Waals surface area (Å²) in [6.07, 6.45) is 0. The molecule has 1 amide bonds. The second kappa shape index (κ2) is 8.84. The van der Waals surface area contributed by atoms with Crippen molar-refractivity contribution >= 4 is 17.3 Å². The van der Waals surface area contributed by atoms with Gasteiger partial charge in [0, 0.05) is 17.8 Å². The van der Waals surface area contributed by atoms with Gasteiger partial charge in [-0.25, -0.2) is 0 Å². The van der Waals surface area contributed by atoms with Gasteiger partial charge in [-0.15, -0.1) is 0 Å². The zero-order chi connectivity index (χ0) is 19.1. The molecular weight excluding hydrogens is 336 g/mol. The number of nitrogens with one attached hydrogen (secondary N) is 2. The van der Waals surface area contributed by atoms with Gasteiger partial charge in [0.25, 0.3) is 0 Å². The maximum Gasteiger partial charge on any atom is 0.246 e. The smallest absolute Gasteiger partial charge is 0.246 e. The topological polar surface area (TPSA) is 78.1 Å². The molecule has 2 rings (SSSR count). The number of rotatable bonds is 8. The molecule has 1 atom stereocenters. The summed E-state index contributed by atoms with van der Waals surface area (Å²) in [5.41, 5.74) is 1.28. The number of benzene rings is 2. The van der Waals surface area contributed by atoms with E-state index in [1.54, 1.807) is 52.5 Å². The van der Waals surface area contributed by atoms with Crippen LogP contribution in [0.2, 0.25) is 0 Å². The average Bonchev–Trinajstić information content (AvgIpc) is 2.67. The van der Waals surface area contributed by atoms with Gasteiger partial charge < -0.3 is 29.6 Å². The predicted octanol–water partition coefficient (Wildman–Crippen LogP) is 3.16. The van der Waals surface area contributed by atoms with Crippen molar-refractivity contribution in [2.24, 2.45) is 0 Å². The van der Waals surface area contributed by atoms with Gasteiger partial charge >= 0.3 is 0 Å². The number of hydrogen-bond donors (Lipinski definition) is 2. The minimum absolute atomic E-state index is 0.205. The molecule has 0 aromatic heterocycles. The Morgan fingerprint density at radius 1 is 0.885 bits per heavy atom. The first kappa shape index (κ1) is 19.2. The summed E-state index contributed by atoms with van der Waals surface area (Å²) in [5, 5.41) is 5.98. The largest absolute Gasteiger partial charge is 0.495 e. The number of hydrogen-bond acceptors (Lipinski definition) is 6. The van der Waals surface area contributed by atoms with Crippen molar-refractivity contribution in [3.05, 3.63) is 36.4 Å². The van der Waals surface area contributed by atoms with E-state index < -0.39 is 6.04 Å². The quantitative estimate of drug-likeness (QED) is 0.753. The summed E-state index contributed by atoms with van der Waals surface area (Å²) in [5.74, 6) is 1.90. The van der Waals surface area contributed by atoms with Gasteiger partial charge in [0.1, 0.15) is 11.8 Å². The van der Waals surface area contributed by atoms with E-state index in [4.69, 9.17) is 18.9 Å². The van der Waals surface area contributed by atoms with Crippen LogP contribution < -0.4 is 29.6 Å². The lowest BCUT2D eigenvalue weighted by Gasteiger charge is -2.19. The maximum absolute atomic E-state index is 12.5. The minimum Gasteiger partial charge on any atom is -0.495 e. The Morgan fingerprint density at radius 3 is 2.00 bits per heavy atom. The van der Waals surface area contributed by atoms with E-state index in [2.05, 4.69) is 10.6 Å². The average molecular weight is 360 g/mol. The third-order valence-electron chi connectivity index (χ3n) is 3.81. The summed E-state index contributed by atoms with van der Waals surface area (Å²) in [7, 11) is 6.18. The second-order valence-corrected chi connectivity index (χ2v) is 5.47. The molecule has 0 radical (unpaired) electrons.